The van der Waals surface area contributed by atoms with Crippen molar-refractivity contribution in [3.05, 3.63) is 54.9 Å². The van der Waals surface area contributed by atoms with Gasteiger partial charge in [-0.2, -0.15) is 0 Å². The number of hydrogen-bond donors (Lipinski definition) is 1. The van der Waals surface area contributed by atoms with E-state index in [0.717, 1.165) is 22.2 Å². The van der Waals surface area contributed by atoms with E-state index in [2.05, 4.69) is 25.9 Å². The number of methoxy groups -OCH3 is 1. The van der Waals surface area contributed by atoms with Crippen LogP contribution in [-0.2, 0) is 13.1 Å². The van der Waals surface area contributed by atoms with Gasteiger partial charge < -0.3 is 9.72 Å². The Bertz CT molecular complexity index is 1140. The maximum Gasteiger partial charge on any atom is 0.332 e. The summed E-state index contributed by atoms with van der Waals surface area (Å²) in [6.45, 7) is 4.83. The molecule has 3 rings (SSSR count). The normalized spacial score (nSPS) is 11.6. The van der Waals surface area contributed by atoms with Gasteiger partial charge in [0.25, 0.3) is 5.56 Å². The van der Waals surface area contributed by atoms with Crippen LogP contribution in [0.1, 0.15) is 38.1 Å². The third kappa shape index (κ3) is 3.82. The van der Waals surface area contributed by atoms with Crippen molar-refractivity contribution in [3.63, 3.8) is 0 Å². The van der Waals surface area contributed by atoms with E-state index in [1.54, 1.807) is 17.8 Å². The van der Waals surface area contributed by atoms with E-state index in [4.69, 9.17) is 4.74 Å². The first-order valence-electron chi connectivity index (χ1n) is 9.25. The number of aryl methyl sites for hydroxylation is 1. The topological polar surface area (TPSA) is 81.9 Å². The predicted octanol–water partition coefficient (Wildman–Crippen LogP) is 3.65. The van der Waals surface area contributed by atoms with Gasteiger partial charge >= 0.3 is 5.69 Å². The molecule has 148 valence electrons. The van der Waals surface area contributed by atoms with Crippen LogP contribution in [0.15, 0.2) is 32.3 Å². The van der Waals surface area contributed by atoms with Crippen LogP contribution in [0.4, 0.5) is 0 Å². The number of hydrogen-bond acceptors (Lipinski definition) is 4. The van der Waals surface area contributed by atoms with Crippen LogP contribution in [-0.4, -0.2) is 26.2 Å². The molecule has 1 N–H and O–H groups in total. The zero-order valence-corrected chi connectivity index (χ0v) is 17.7. The lowest BCUT2D eigenvalue weighted by Gasteiger charge is -2.09. The number of fused-ring (bicyclic) bond motifs is 1. The summed E-state index contributed by atoms with van der Waals surface area (Å²) in [6, 6.07) is 5.72. The fourth-order valence-corrected chi connectivity index (χ4v) is 3.63. The minimum absolute atomic E-state index is 0.303. The monoisotopic (exact) mass is 446 g/mol. The van der Waals surface area contributed by atoms with Gasteiger partial charge in [0.2, 0.25) is 0 Å². The summed E-state index contributed by atoms with van der Waals surface area (Å²) < 4.78 is 8.94. The van der Waals surface area contributed by atoms with Crippen LogP contribution in [0, 0.1) is 0 Å². The minimum atomic E-state index is -0.325. The van der Waals surface area contributed by atoms with Crippen LogP contribution in [0.3, 0.4) is 0 Å². The predicted molar refractivity (Wildman–Crippen MR) is 115 cm³/mol. The number of benzene rings is 1. The summed E-state index contributed by atoms with van der Waals surface area (Å²) in [5, 5.41) is 0. The van der Waals surface area contributed by atoms with Crippen LogP contribution in [0.25, 0.3) is 23.3 Å². The Morgan fingerprint density at radius 2 is 1.86 bits per heavy atom. The van der Waals surface area contributed by atoms with E-state index in [-0.39, 0.29) is 11.2 Å². The van der Waals surface area contributed by atoms with Crippen molar-refractivity contribution in [2.24, 2.45) is 0 Å². The van der Waals surface area contributed by atoms with Gasteiger partial charge in [-0.3, -0.25) is 13.9 Å². The van der Waals surface area contributed by atoms with E-state index in [9.17, 15) is 9.59 Å². The van der Waals surface area contributed by atoms with E-state index in [1.807, 2.05) is 38.1 Å². The second-order valence-corrected chi connectivity index (χ2v) is 7.29. The Labute approximate surface area is 170 Å². The highest BCUT2D eigenvalue weighted by atomic mass is 79.9. The number of nitrogens with one attached hydrogen (secondary N) is 1. The molecule has 0 unspecified atom stereocenters. The van der Waals surface area contributed by atoms with Gasteiger partial charge in [-0.15, -0.1) is 0 Å². The van der Waals surface area contributed by atoms with Crippen molar-refractivity contribution in [1.82, 2.24) is 19.1 Å². The Kier molecular flexibility index (Phi) is 6.18. The molecule has 0 atom stereocenters. The molecule has 0 saturated heterocycles. The molecule has 0 aliphatic heterocycles. The molecule has 1 aromatic carbocycles. The largest absolute Gasteiger partial charge is 0.496 e. The van der Waals surface area contributed by atoms with Gasteiger partial charge in [0.05, 0.1) is 11.6 Å². The molecule has 0 saturated carbocycles. The molecular weight excluding hydrogens is 424 g/mol. The van der Waals surface area contributed by atoms with E-state index in [0.29, 0.717) is 36.5 Å². The Balaban J connectivity index is 2.07. The first kappa shape index (κ1) is 20.1. The minimum Gasteiger partial charge on any atom is -0.496 e. The van der Waals surface area contributed by atoms with Gasteiger partial charge in [-0.1, -0.05) is 26.0 Å². The number of nitrogens with zero attached hydrogens (tertiary/aromatic N) is 3. The summed E-state index contributed by atoms with van der Waals surface area (Å²) >= 11 is 3.46. The third-order valence-corrected chi connectivity index (χ3v) is 5.00. The molecule has 0 spiro atoms. The Hall–Kier alpha value is -2.61. The molecule has 2 heterocycles. The van der Waals surface area contributed by atoms with Crippen molar-refractivity contribution < 1.29 is 4.74 Å². The number of ether oxygens (including phenoxy) is 1. The zero-order valence-electron chi connectivity index (χ0n) is 16.2. The fraction of sp³-hybridized carbons (Fsp3) is 0.350. The first-order valence-corrected chi connectivity index (χ1v) is 10.0. The molecule has 0 aliphatic carbocycles. The maximum atomic E-state index is 12.7. The number of rotatable bonds is 7. The second kappa shape index (κ2) is 8.60. The molecule has 2 aromatic heterocycles. The van der Waals surface area contributed by atoms with Crippen molar-refractivity contribution >= 4 is 39.2 Å². The standard InChI is InChI=1S/C20H23BrN4O3/c1-4-10-24-18-17(19(26)25(11-5-2)20(24)27)22-16(23-18)9-7-13-6-8-15(28-3)14(21)12-13/h6-9,12H,4-5,10-11H2,1-3H3,(H,22,23)/b9-7+. The van der Waals surface area contributed by atoms with Gasteiger partial charge in [-0.05, 0) is 52.5 Å². The molecule has 3 aromatic rings. The summed E-state index contributed by atoms with van der Waals surface area (Å²) in [5.74, 6) is 1.28. The lowest BCUT2D eigenvalue weighted by molar-refractivity contribution is 0.412. The van der Waals surface area contributed by atoms with E-state index in [1.165, 1.54) is 4.57 Å². The summed E-state index contributed by atoms with van der Waals surface area (Å²) in [6.07, 6.45) is 5.16. The molecule has 7 nitrogen and oxygen atoms in total. The van der Waals surface area contributed by atoms with E-state index < -0.39 is 0 Å². The smallest absolute Gasteiger partial charge is 0.332 e. The SMILES string of the molecule is CCCn1c(=O)c2[nH]c(/C=C/c3ccc(OC)c(Br)c3)nc2n(CCC)c1=O. The number of aromatic nitrogens is 4. The lowest BCUT2D eigenvalue weighted by Crippen LogP contribution is -2.40. The molecule has 0 bridgehead atoms. The van der Waals surface area contributed by atoms with Gasteiger partial charge in [0.15, 0.2) is 5.65 Å². The number of imidazole rings is 1. The molecular formula is C20H23BrN4O3. The van der Waals surface area contributed by atoms with Gasteiger partial charge in [0, 0.05) is 13.1 Å². The highest BCUT2D eigenvalue weighted by Crippen LogP contribution is 2.26. The number of halogens is 1. The lowest BCUT2D eigenvalue weighted by atomic mass is 10.2. The molecule has 0 radical (unpaired) electrons. The summed E-state index contributed by atoms with van der Waals surface area (Å²) in [5.41, 5.74) is 1.08. The van der Waals surface area contributed by atoms with Gasteiger partial charge in [-0.25, -0.2) is 9.78 Å². The van der Waals surface area contributed by atoms with Crippen LogP contribution in [0.5, 0.6) is 5.75 Å². The van der Waals surface area contributed by atoms with Crippen molar-refractivity contribution in [2.75, 3.05) is 7.11 Å². The third-order valence-electron chi connectivity index (χ3n) is 4.38. The Morgan fingerprint density at radius 1 is 1.14 bits per heavy atom. The van der Waals surface area contributed by atoms with Crippen LogP contribution < -0.4 is 16.0 Å². The van der Waals surface area contributed by atoms with Crippen molar-refractivity contribution in [3.8, 4) is 5.75 Å². The van der Waals surface area contributed by atoms with E-state index >= 15 is 0 Å². The van der Waals surface area contributed by atoms with Crippen LogP contribution >= 0.6 is 15.9 Å². The van der Waals surface area contributed by atoms with Gasteiger partial charge in [0.1, 0.15) is 17.1 Å². The van der Waals surface area contributed by atoms with Crippen LogP contribution in [0.2, 0.25) is 0 Å². The number of aromatic amines is 1. The quantitative estimate of drug-likeness (QED) is 0.600. The average molecular weight is 447 g/mol. The molecule has 0 fully saturated rings. The molecule has 0 aliphatic rings. The highest BCUT2D eigenvalue weighted by molar-refractivity contribution is 9.10. The summed E-state index contributed by atoms with van der Waals surface area (Å²) in [4.78, 5) is 33.0. The molecule has 8 heteroatoms. The average Bonchev–Trinajstić information content (AvgIpc) is 3.11. The fourth-order valence-electron chi connectivity index (χ4n) is 3.07. The van der Waals surface area contributed by atoms with Crippen molar-refractivity contribution in [1.29, 1.82) is 0 Å². The maximum absolute atomic E-state index is 12.7. The molecule has 28 heavy (non-hydrogen) atoms. The van der Waals surface area contributed by atoms with Crippen molar-refractivity contribution in [2.45, 2.75) is 39.8 Å². The zero-order chi connectivity index (χ0) is 20.3. The molecule has 0 amide bonds. The first-order chi connectivity index (χ1) is 13.5. The number of H-pyrrole nitrogens is 1. The summed E-state index contributed by atoms with van der Waals surface area (Å²) in [7, 11) is 1.62. The Morgan fingerprint density at radius 3 is 2.50 bits per heavy atom. The second-order valence-electron chi connectivity index (χ2n) is 6.44. The highest BCUT2D eigenvalue weighted by Gasteiger charge is 2.15.